The van der Waals surface area contributed by atoms with Gasteiger partial charge in [-0.25, -0.2) is 0 Å². The van der Waals surface area contributed by atoms with E-state index in [1.807, 2.05) is 30.3 Å². The van der Waals surface area contributed by atoms with E-state index in [1.54, 1.807) is 22.5 Å². The third kappa shape index (κ3) is 13.6. The monoisotopic (exact) mass is 720 g/mol. The maximum absolute atomic E-state index is 11.7. The number of phenols is 2. The van der Waals surface area contributed by atoms with Crippen molar-refractivity contribution in [1.29, 1.82) is 0 Å². The molecule has 0 atom stereocenters. The van der Waals surface area contributed by atoms with Crippen molar-refractivity contribution in [2.24, 2.45) is 0 Å². The van der Waals surface area contributed by atoms with E-state index in [1.165, 1.54) is 132 Å². The highest BCUT2D eigenvalue weighted by molar-refractivity contribution is 8.02. The van der Waals surface area contributed by atoms with E-state index >= 15 is 0 Å². The highest BCUT2D eigenvalue weighted by atomic mass is 32.2. The van der Waals surface area contributed by atoms with Crippen molar-refractivity contribution in [1.82, 2.24) is 20.2 Å². The first-order chi connectivity index (χ1) is 24.1. The topological polar surface area (TPSA) is 84.1 Å². The van der Waals surface area contributed by atoms with E-state index in [2.05, 4.69) is 53.6 Å². The molecule has 1 aromatic heterocycles. The van der Waals surface area contributed by atoms with Gasteiger partial charge in [0.15, 0.2) is 0 Å². The van der Waals surface area contributed by atoms with Gasteiger partial charge < -0.3 is 10.2 Å². The summed E-state index contributed by atoms with van der Waals surface area (Å²) in [6.45, 7) is 4.50. The van der Waals surface area contributed by atoms with Crippen LogP contribution in [0.15, 0.2) is 85.4 Å². The average molecular weight is 721 g/mol. The lowest BCUT2D eigenvalue weighted by molar-refractivity contribution is 0.423. The quantitative estimate of drug-likeness (QED) is 0.0398. The van der Waals surface area contributed by atoms with E-state index in [9.17, 15) is 10.2 Å². The van der Waals surface area contributed by atoms with Gasteiger partial charge in [0.05, 0.1) is 20.4 Å². The van der Waals surface area contributed by atoms with E-state index in [0.29, 0.717) is 19.8 Å². The van der Waals surface area contributed by atoms with Crippen LogP contribution in [0.3, 0.4) is 0 Å². The van der Waals surface area contributed by atoms with Crippen molar-refractivity contribution in [3.8, 4) is 17.2 Å². The molecule has 0 spiro atoms. The smallest absolute Gasteiger partial charge is 0.219 e. The molecule has 0 saturated heterocycles. The minimum atomic E-state index is 0.118. The molecule has 6 nitrogen and oxygen atoms in total. The zero-order valence-electron chi connectivity index (χ0n) is 29.6. The van der Waals surface area contributed by atoms with Crippen LogP contribution in [-0.4, -0.2) is 36.2 Å². The van der Waals surface area contributed by atoms with Gasteiger partial charge in [0, 0.05) is 4.90 Å². The molecule has 3 aromatic carbocycles. The van der Waals surface area contributed by atoms with Crippen molar-refractivity contribution in [2.45, 2.75) is 154 Å². The Kier molecular flexibility index (Phi) is 18.4. The van der Waals surface area contributed by atoms with Crippen LogP contribution in [0.4, 0.5) is 0 Å². The van der Waals surface area contributed by atoms with Crippen LogP contribution in [-0.2, 0) is 6.42 Å². The Balaban J connectivity index is 1.35. The Hall–Kier alpha value is -2.62. The predicted molar refractivity (Wildman–Crippen MR) is 208 cm³/mol. The third-order valence-corrected chi connectivity index (χ3v) is 12.2. The largest absolute Gasteiger partial charge is 0.507 e. The zero-order valence-corrected chi connectivity index (χ0v) is 32.1. The van der Waals surface area contributed by atoms with Crippen molar-refractivity contribution in [3.63, 3.8) is 0 Å². The van der Waals surface area contributed by atoms with Gasteiger partial charge in [-0.05, 0) is 83.1 Å². The van der Waals surface area contributed by atoms with E-state index in [0.717, 1.165) is 29.2 Å². The fraction of sp³-hybridized carbons (Fsp3) is 0.525. The Morgan fingerprint density at radius 2 is 1.22 bits per heavy atom. The molecule has 0 unspecified atom stereocenters. The summed E-state index contributed by atoms with van der Waals surface area (Å²) in [5.41, 5.74) is 2.14. The first kappa shape index (κ1) is 39.2. The SMILES string of the molecule is CCCCCCCCCCCCCCCCSc1cc(O)c(Sc2nnnn2-c2ccccc2)c(Sc2ccc(CCCCC)cc2)c1O. The maximum atomic E-state index is 11.7. The summed E-state index contributed by atoms with van der Waals surface area (Å²) in [4.78, 5) is 2.88. The molecule has 2 N–H and O–H groups in total. The van der Waals surface area contributed by atoms with Crippen LogP contribution in [0, 0.1) is 0 Å². The first-order valence-corrected chi connectivity index (χ1v) is 21.2. The van der Waals surface area contributed by atoms with Crippen LogP contribution in [0.25, 0.3) is 5.69 Å². The van der Waals surface area contributed by atoms with Gasteiger partial charge in [-0.2, -0.15) is 4.68 Å². The molecular formula is C40H56N4O2S3. The molecule has 0 aliphatic carbocycles. The second-order valence-electron chi connectivity index (χ2n) is 12.9. The van der Waals surface area contributed by atoms with Crippen molar-refractivity contribution >= 4 is 35.3 Å². The van der Waals surface area contributed by atoms with Crippen LogP contribution in [0.2, 0.25) is 0 Å². The second kappa shape index (κ2) is 23.0. The predicted octanol–water partition coefficient (Wildman–Crippen LogP) is 12.7. The standard InChI is InChI=1S/C40H56N4O2S3/c1-3-5-7-8-9-10-11-12-13-14-15-16-17-22-30-47-36-31-35(45)38(49-40-41-42-43-44(40)33-24-20-18-21-25-33)39(37(36)46)48-34-28-26-32(27-29-34)23-19-6-4-2/h18,20-21,24-29,31,45-46H,3-17,19,22-23,30H2,1-2H3. The number of rotatable bonds is 25. The number of thioether (sulfide) groups is 1. The Bertz CT molecular complexity index is 1480. The summed E-state index contributed by atoms with van der Waals surface area (Å²) in [6, 6.07) is 20.0. The molecule has 49 heavy (non-hydrogen) atoms. The number of unbranched alkanes of at least 4 members (excludes halogenated alkanes) is 15. The summed E-state index contributed by atoms with van der Waals surface area (Å²) in [5.74, 6) is 1.22. The van der Waals surface area contributed by atoms with Crippen molar-refractivity contribution in [3.05, 3.63) is 66.2 Å². The Morgan fingerprint density at radius 1 is 0.633 bits per heavy atom. The van der Waals surface area contributed by atoms with Gasteiger partial charge in [0.1, 0.15) is 11.5 Å². The number of aryl methyl sites for hydroxylation is 1. The fourth-order valence-corrected chi connectivity index (χ4v) is 8.93. The number of nitrogens with zero attached hydrogens (tertiary/aromatic N) is 4. The first-order valence-electron chi connectivity index (χ1n) is 18.6. The van der Waals surface area contributed by atoms with Gasteiger partial charge in [0.2, 0.25) is 5.16 Å². The number of phenolic OH excluding ortho intramolecular Hbond substituents is 2. The molecule has 9 heteroatoms. The molecule has 0 bridgehead atoms. The van der Waals surface area contributed by atoms with E-state index in [4.69, 9.17) is 0 Å². The second-order valence-corrected chi connectivity index (χ2v) is 16.1. The Morgan fingerprint density at radius 3 is 1.86 bits per heavy atom. The lowest BCUT2D eigenvalue weighted by Crippen LogP contribution is -1.98. The van der Waals surface area contributed by atoms with Crippen LogP contribution >= 0.6 is 35.3 Å². The van der Waals surface area contributed by atoms with Gasteiger partial charge in [0.25, 0.3) is 0 Å². The molecule has 0 aliphatic heterocycles. The number of benzene rings is 3. The minimum absolute atomic E-state index is 0.118. The Labute approximate surface area is 307 Å². The number of para-hydroxylation sites is 1. The summed E-state index contributed by atoms with van der Waals surface area (Å²) >= 11 is 4.36. The maximum Gasteiger partial charge on any atom is 0.219 e. The molecule has 1 heterocycles. The van der Waals surface area contributed by atoms with Crippen molar-refractivity contribution in [2.75, 3.05) is 5.75 Å². The molecule has 0 fully saturated rings. The summed E-state index contributed by atoms with van der Waals surface area (Å²) in [7, 11) is 0. The molecular weight excluding hydrogens is 665 g/mol. The van der Waals surface area contributed by atoms with E-state index in [-0.39, 0.29) is 11.5 Å². The number of aromatic hydroxyl groups is 2. The van der Waals surface area contributed by atoms with Crippen LogP contribution in [0.1, 0.15) is 129 Å². The van der Waals surface area contributed by atoms with Gasteiger partial charge in [-0.1, -0.05) is 152 Å². The minimum Gasteiger partial charge on any atom is -0.507 e. The number of hydrogen-bond donors (Lipinski definition) is 2. The molecule has 0 aliphatic rings. The highest BCUT2D eigenvalue weighted by Gasteiger charge is 2.23. The number of aromatic nitrogens is 4. The fourth-order valence-electron chi connectivity index (χ4n) is 5.86. The zero-order chi connectivity index (χ0) is 34.5. The molecule has 0 radical (unpaired) electrons. The van der Waals surface area contributed by atoms with Gasteiger partial charge in [-0.15, -0.1) is 16.9 Å². The lowest BCUT2D eigenvalue weighted by atomic mass is 10.0. The average Bonchev–Trinajstić information content (AvgIpc) is 3.59. The summed E-state index contributed by atoms with van der Waals surface area (Å²) in [6.07, 6.45) is 23.4. The number of hydrogen-bond acceptors (Lipinski definition) is 8. The number of tetrazole rings is 1. The van der Waals surface area contributed by atoms with Crippen LogP contribution in [0.5, 0.6) is 11.5 Å². The summed E-state index contributed by atoms with van der Waals surface area (Å²) < 4.78 is 1.65. The molecule has 0 amide bonds. The molecule has 0 saturated carbocycles. The van der Waals surface area contributed by atoms with Crippen molar-refractivity contribution < 1.29 is 10.2 Å². The lowest BCUT2D eigenvalue weighted by Gasteiger charge is -2.16. The summed E-state index contributed by atoms with van der Waals surface area (Å²) in [5, 5.41) is 35.9. The van der Waals surface area contributed by atoms with Gasteiger partial charge >= 0.3 is 0 Å². The third-order valence-electron chi connectivity index (χ3n) is 8.76. The van der Waals surface area contributed by atoms with E-state index < -0.39 is 0 Å². The van der Waals surface area contributed by atoms with Crippen LogP contribution < -0.4 is 0 Å². The molecule has 4 rings (SSSR count). The highest BCUT2D eigenvalue weighted by Crippen LogP contribution is 2.51. The molecule has 4 aromatic rings. The molecule has 266 valence electrons. The van der Waals surface area contributed by atoms with Gasteiger partial charge in [-0.3, -0.25) is 0 Å². The normalized spacial score (nSPS) is 11.4.